The highest BCUT2D eigenvalue weighted by Crippen LogP contribution is 2.31. The molecule has 1 aliphatic rings. The van der Waals surface area contributed by atoms with Gasteiger partial charge in [0.2, 0.25) is 5.88 Å². The van der Waals surface area contributed by atoms with E-state index >= 15 is 0 Å². The Kier molecular flexibility index (Phi) is 3.18. The lowest BCUT2D eigenvalue weighted by molar-refractivity contribution is 0.269. The molecule has 3 nitrogen and oxygen atoms in total. The molecule has 0 saturated heterocycles. The molecule has 0 radical (unpaired) electrons. The molecule has 2 heterocycles. The summed E-state index contributed by atoms with van der Waals surface area (Å²) in [5.41, 5.74) is 1.18. The molecule has 0 spiro atoms. The minimum atomic E-state index is 0.783. The lowest BCUT2D eigenvalue weighted by atomic mass is 10.1. The van der Waals surface area contributed by atoms with E-state index < -0.39 is 0 Å². The zero-order chi connectivity index (χ0) is 9.97. The topological polar surface area (TPSA) is 35.0 Å². The van der Waals surface area contributed by atoms with E-state index in [9.17, 15) is 0 Å². The molecule has 1 aliphatic heterocycles. The van der Waals surface area contributed by atoms with Crippen molar-refractivity contribution >= 4 is 23.5 Å². The van der Waals surface area contributed by atoms with Gasteiger partial charge in [-0.05, 0) is 25.4 Å². The summed E-state index contributed by atoms with van der Waals surface area (Å²) in [6.07, 6.45) is 6.14. The number of hydrogen-bond donors (Lipinski definition) is 0. The van der Waals surface area contributed by atoms with E-state index in [0.29, 0.717) is 0 Å². The number of aromatic nitrogens is 2. The number of ether oxygens (including phenoxy) is 1. The molecule has 0 fully saturated rings. The highest BCUT2D eigenvalue weighted by atomic mass is 32.2. The van der Waals surface area contributed by atoms with Gasteiger partial charge in [0.15, 0.2) is 5.16 Å². The van der Waals surface area contributed by atoms with Crippen LogP contribution in [0.25, 0.3) is 0 Å². The summed E-state index contributed by atoms with van der Waals surface area (Å²) in [4.78, 5) is 8.81. The fraction of sp³-hybridized carbons (Fsp3) is 0.556. The van der Waals surface area contributed by atoms with Gasteiger partial charge >= 0.3 is 0 Å². The quantitative estimate of drug-likeness (QED) is 0.440. The van der Waals surface area contributed by atoms with E-state index in [4.69, 9.17) is 4.74 Å². The fourth-order valence-electron chi connectivity index (χ4n) is 1.44. The first-order valence-corrected chi connectivity index (χ1v) is 6.92. The SMILES string of the molecule is CSc1nc2c(c(SC)n1)CCCO2. The van der Waals surface area contributed by atoms with E-state index in [2.05, 4.69) is 9.97 Å². The Morgan fingerprint density at radius 2 is 2.07 bits per heavy atom. The largest absolute Gasteiger partial charge is 0.477 e. The highest BCUT2D eigenvalue weighted by Gasteiger charge is 2.18. The smallest absolute Gasteiger partial charge is 0.221 e. The molecular weight excluding hydrogens is 216 g/mol. The average molecular weight is 228 g/mol. The molecule has 0 amide bonds. The standard InChI is InChI=1S/C9H12N2OS2/c1-13-8-6-4-3-5-12-7(6)10-9(11-8)14-2/h3-5H2,1-2H3. The van der Waals surface area contributed by atoms with Crippen molar-refractivity contribution in [1.82, 2.24) is 9.97 Å². The van der Waals surface area contributed by atoms with Crippen molar-refractivity contribution in [3.05, 3.63) is 5.56 Å². The maximum atomic E-state index is 5.53. The summed E-state index contributed by atoms with van der Waals surface area (Å²) in [6, 6.07) is 0. The summed E-state index contributed by atoms with van der Waals surface area (Å²) in [7, 11) is 0. The first kappa shape index (κ1) is 10.1. The molecule has 0 aromatic carbocycles. The fourth-order valence-corrected chi connectivity index (χ4v) is 2.46. The van der Waals surface area contributed by atoms with Crippen molar-refractivity contribution < 1.29 is 4.74 Å². The molecule has 2 rings (SSSR count). The van der Waals surface area contributed by atoms with E-state index in [0.717, 1.165) is 35.5 Å². The zero-order valence-electron chi connectivity index (χ0n) is 8.24. The predicted molar refractivity (Wildman–Crippen MR) is 59.4 cm³/mol. The summed E-state index contributed by atoms with van der Waals surface area (Å²) in [6.45, 7) is 0.783. The summed E-state index contributed by atoms with van der Waals surface area (Å²) in [5, 5.41) is 1.87. The minimum absolute atomic E-state index is 0.783. The Labute approximate surface area is 92.0 Å². The first-order valence-electron chi connectivity index (χ1n) is 4.47. The van der Waals surface area contributed by atoms with Crippen LogP contribution in [0.2, 0.25) is 0 Å². The van der Waals surface area contributed by atoms with Crippen LogP contribution in [0.3, 0.4) is 0 Å². The van der Waals surface area contributed by atoms with Crippen LogP contribution in [-0.4, -0.2) is 29.1 Å². The Bertz CT molecular complexity index is 327. The molecule has 1 aromatic heterocycles. The van der Waals surface area contributed by atoms with Gasteiger partial charge in [0.05, 0.1) is 6.61 Å². The second kappa shape index (κ2) is 4.40. The third kappa shape index (κ3) is 1.83. The molecule has 0 unspecified atom stereocenters. The summed E-state index contributed by atoms with van der Waals surface area (Å²) >= 11 is 3.22. The molecular formula is C9H12N2OS2. The van der Waals surface area contributed by atoms with Crippen LogP contribution in [0.1, 0.15) is 12.0 Å². The van der Waals surface area contributed by atoms with Gasteiger partial charge in [-0.25, -0.2) is 4.98 Å². The van der Waals surface area contributed by atoms with Crippen molar-refractivity contribution in [2.75, 3.05) is 19.1 Å². The lowest BCUT2D eigenvalue weighted by Gasteiger charge is -2.18. The van der Waals surface area contributed by atoms with Crippen molar-refractivity contribution in [2.45, 2.75) is 23.0 Å². The van der Waals surface area contributed by atoms with Crippen molar-refractivity contribution in [2.24, 2.45) is 0 Å². The van der Waals surface area contributed by atoms with Gasteiger partial charge in [-0.15, -0.1) is 11.8 Å². The van der Waals surface area contributed by atoms with Gasteiger partial charge < -0.3 is 4.74 Å². The van der Waals surface area contributed by atoms with E-state index in [1.807, 2.05) is 12.5 Å². The van der Waals surface area contributed by atoms with Gasteiger partial charge in [0, 0.05) is 5.56 Å². The van der Waals surface area contributed by atoms with Gasteiger partial charge in [-0.2, -0.15) is 4.98 Å². The Hall–Kier alpha value is -0.420. The Morgan fingerprint density at radius 3 is 2.79 bits per heavy atom. The van der Waals surface area contributed by atoms with Crippen LogP contribution in [0.5, 0.6) is 5.88 Å². The van der Waals surface area contributed by atoms with Gasteiger partial charge in [0.25, 0.3) is 0 Å². The number of hydrogen-bond acceptors (Lipinski definition) is 5. The van der Waals surface area contributed by atoms with E-state index in [1.165, 1.54) is 5.56 Å². The monoisotopic (exact) mass is 228 g/mol. The van der Waals surface area contributed by atoms with Crippen molar-refractivity contribution in [1.29, 1.82) is 0 Å². The first-order chi connectivity index (χ1) is 6.85. The molecule has 5 heteroatoms. The van der Waals surface area contributed by atoms with Crippen LogP contribution >= 0.6 is 23.5 Å². The molecule has 14 heavy (non-hydrogen) atoms. The van der Waals surface area contributed by atoms with Crippen LogP contribution in [0, 0.1) is 0 Å². The Balaban J connectivity index is 2.47. The van der Waals surface area contributed by atoms with Crippen molar-refractivity contribution in [3.8, 4) is 5.88 Å². The maximum Gasteiger partial charge on any atom is 0.221 e. The average Bonchev–Trinajstić information content (AvgIpc) is 2.27. The number of thioether (sulfide) groups is 2. The maximum absolute atomic E-state index is 5.53. The van der Waals surface area contributed by atoms with Crippen LogP contribution in [0.15, 0.2) is 10.2 Å². The molecule has 0 bridgehead atoms. The molecule has 0 N–H and O–H groups in total. The third-order valence-electron chi connectivity index (χ3n) is 2.10. The van der Waals surface area contributed by atoms with Crippen LogP contribution in [-0.2, 0) is 6.42 Å². The second-order valence-corrected chi connectivity index (χ2v) is 4.52. The molecule has 0 atom stereocenters. The summed E-state index contributed by atoms with van der Waals surface area (Å²) < 4.78 is 5.53. The second-order valence-electron chi connectivity index (χ2n) is 2.96. The third-order valence-corrected chi connectivity index (χ3v) is 3.37. The number of rotatable bonds is 2. The minimum Gasteiger partial charge on any atom is -0.477 e. The van der Waals surface area contributed by atoms with Gasteiger partial charge in [-0.3, -0.25) is 0 Å². The van der Waals surface area contributed by atoms with E-state index in [-0.39, 0.29) is 0 Å². The van der Waals surface area contributed by atoms with Crippen molar-refractivity contribution in [3.63, 3.8) is 0 Å². The molecule has 0 saturated carbocycles. The molecule has 0 aliphatic carbocycles. The summed E-state index contributed by atoms with van der Waals surface area (Å²) in [5.74, 6) is 0.792. The number of fused-ring (bicyclic) bond motifs is 1. The highest BCUT2D eigenvalue weighted by molar-refractivity contribution is 7.99. The predicted octanol–water partition coefficient (Wildman–Crippen LogP) is 2.25. The van der Waals surface area contributed by atoms with Gasteiger partial charge in [-0.1, -0.05) is 11.8 Å². The molecule has 76 valence electrons. The van der Waals surface area contributed by atoms with Crippen LogP contribution < -0.4 is 4.74 Å². The van der Waals surface area contributed by atoms with Gasteiger partial charge in [0.1, 0.15) is 5.03 Å². The Morgan fingerprint density at radius 1 is 1.21 bits per heavy atom. The lowest BCUT2D eigenvalue weighted by Crippen LogP contribution is -2.12. The van der Waals surface area contributed by atoms with E-state index in [1.54, 1.807) is 23.5 Å². The van der Waals surface area contributed by atoms with Crippen LogP contribution in [0.4, 0.5) is 0 Å². The number of nitrogens with zero attached hydrogens (tertiary/aromatic N) is 2. The normalized spacial score (nSPS) is 14.7. The zero-order valence-corrected chi connectivity index (χ0v) is 9.87. The molecule has 1 aromatic rings.